The second-order valence-electron chi connectivity index (χ2n) is 5.16. The van der Waals surface area contributed by atoms with E-state index in [9.17, 15) is 4.39 Å². The van der Waals surface area contributed by atoms with Crippen LogP contribution >= 0.6 is 0 Å². The Morgan fingerprint density at radius 1 is 1.42 bits per heavy atom. The molecule has 0 bridgehead atoms. The fourth-order valence-electron chi connectivity index (χ4n) is 2.69. The quantitative estimate of drug-likeness (QED) is 0.889. The van der Waals surface area contributed by atoms with Gasteiger partial charge in [0, 0.05) is 20.2 Å². The van der Waals surface area contributed by atoms with Crippen molar-refractivity contribution in [2.24, 2.45) is 5.73 Å². The van der Waals surface area contributed by atoms with E-state index in [2.05, 4.69) is 0 Å². The van der Waals surface area contributed by atoms with E-state index in [1.165, 1.54) is 12.5 Å². The third-order valence-corrected chi connectivity index (χ3v) is 3.62. The molecule has 0 amide bonds. The second kappa shape index (κ2) is 6.87. The molecule has 2 rings (SSSR count). The zero-order chi connectivity index (χ0) is 13.7. The predicted octanol–water partition coefficient (Wildman–Crippen LogP) is 2.33. The Morgan fingerprint density at radius 2 is 2.26 bits per heavy atom. The lowest BCUT2D eigenvalue weighted by molar-refractivity contribution is 0.0215. The number of likely N-dealkylation sites (N-methyl/N-ethyl adjacent to an activating group) is 1. The summed E-state index contributed by atoms with van der Waals surface area (Å²) in [6.45, 7) is 2.09. The minimum absolute atomic E-state index is 0.177. The highest BCUT2D eigenvalue weighted by atomic mass is 19.1. The molecule has 0 radical (unpaired) electrons. The minimum Gasteiger partial charge on any atom is -0.376 e. The molecule has 106 valence electrons. The molecule has 3 nitrogen and oxygen atoms in total. The summed E-state index contributed by atoms with van der Waals surface area (Å²) in [5, 5.41) is 0. The SMILES string of the molecule is CN(CC1CCCCO1)c1c(F)cccc1CCN. The van der Waals surface area contributed by atoms with Gasteiger partial charge in [-0.15, -0.1) is 0 Å². The summed E-state index contributed by atoms with van der Waals surface area (Å²) >= 11 is 0. The van der Waals surface area contributed by atoms with E-state index in [0.717, 1.165) is 31.6 Å². The smallest absolute Gasteiger partial charge is 0.146 e. The van der Waals surface area contributed by atoms with Crippen molar-refractivity contribution in [3.05, 3.63) is 29.6 Å². The Labute approximate surface area is 114 Å². The third-order valence-electron chi connectivity index (χ3n) is 3.62. The van der Waals surface area contributed by atoms with Crippen LogP contribution in [0, 0.1) is 5.82 Å². The molecule has 4 heteroatoms. The molecule has 1 aromatic rings. The van der Waals surface area contributed by atoms with Crippen molar-refractivity contribution < 1.29 is 9.13 Å². The normalized spacial score (nSPS) is 19.4. The largest absolute Gasteiger partial charge is 0.376 e. The summed E-state index contributed by atoms with van der Waals surface area (Å²) in [5.74, 6) is -0.177. The number of nitrogens with two attached hydrogens (primary N) is 1. The first-order chi connectivity index (χ1) is 9.22. The fourth-order valence-corrected chi connectivity index (χ4v) is 2.69. The van der Waals surface area contributed by atoms with Crippen molar-refractivity contribution in [1.82, 2.24) is 0 Å². The maximum atomic E-state index is 14.1. The Bertz CT molecular complexity index is 405. The van der Waals surface area contributed by atoms with Gasteiger partial charge in [-0.3, -0.25) is 0 Å². The van der Waals surface area contributed by atoms with Crippen molar-refractivity contribution in [1.29, 1.82) is 0 Å². The third kappa shape index (κ3) is 3.67. The summed E-state index contributed by atoms with van der Waals surface area (Å²) in [5.41, 5.74) is 7.24. The first-order valence-corrected chi connectivity index (χ1v) is 7.02. The second-order valence-corrected chi connectivity index (χ2v) is 5.16. The van der Waals surface area contributed by atoms with Crippen molar-refractivity contribution in [3.63, 3.8) is 0 Å². The van der Waals surface area contributed by atoms with Crippen LogP contribution in [0.5, 0.6) is 0 Å². The number of rotatable bonds is 5. The van der Waals surface area contributed by atoms with Gasteiger partial charge < -0.3 is 15.4 Å². The van der Waals surface area contributed by atoms with Gasteiger partial charge in [-0.2, -0.15) is 0 Å². The minimum atomic E-state index is -0.177. The molecular formula is C15H23FN2O. The van der Waals surface area contributed by atoms with Crippen LogP contribution < -0.4 is 10.6 Å². The Balaban J connectivity index is 2.10. The maximum absolute atomic E-state index is 14.1. The molecule has 1 fully saturated rings. The summed E-state index contributed by atoms with van der Waals surface area (Å²) in [4.78, 5) is 1.97. The lowest BCUT2D eigenvalue weighted by atomic mass is 10.1. The lowest BCUT2D eigenvalue weighted by Crippen LogP contribution is -2.34. The van der Waals surface area contributed by atoms with Crippen LogP contribution in [-0.4, -0.2) is 32.8 Å². The van der Waals surface area contributed by atoms with E-state index >= 15 is 0 Å². The van der Waals surface area contributed by atoms with Crippen molar-refractivity contribution in [2.45, 2.75) is 31.8 Å². The Kier molecular flexibility index (Phi) is 5.16. The zero-order valence-corrected chi connectivity index (χ0v) is 11.6. The number of hydrogen-bond donors (Lipinski definition) is 1. The van der Waals surface area contributed by atoms with Crippen LogP contribution in [0.2, 0.25) is 0 Å². The molecule has 0 aromatic heterocycles. The van der Waals surface area contributed by atoms with Gasteiger partial charge in [0.05, 0.1) is 11.8 Å². The van der Waals surface area contributed by atoms with Crippen molar-refractivity contribution in [2.75, 3.05) is 31.6 Å². The molecular weight excluding hydrogens is 243 g/mol. The molecule has 1 unspecified atom stereocenters. The molecule has 0 aliphatic carbocycles. The molecule has 2 N–H and O–H groups in total. The average molecular weight is 266 g/mol. The summed E-state index contributed by atoms with van der Waals surface area (Å²) in [6, 6.07) is 5.20. The molecule has 1 heterocycles. The molecule has 0 saturated carbocycles. The fraction of sp³-hybridized carbons (Fsp3) is 0.600. The highest BCUT2D eigenvalue weighted by Gasteiger charge is 2.19. The van der Waals surface area contributed by atoms with Gasteiger partial charge in [0.2, 0.25) is 0 Å². The molecule has 1 aliphatic heterocycles. The topological polar surface area (TPSA) is 38.5 Å². The molecule has 1 atom stereocenters. The maximum Gasteiger partial charge on any atom is 0.146 e. The van der Waals surface area contributed by atoms with Gasteiger partial charge in [-0.1, -0.05) is 12.1 Å². The van der Waals surface area contributed by atoms with Crippen LogP contribution in [-0.2, 0) is 11.2 Å². The predicted molar refractivity (Wildman–Crippen MR) is 76.0 cm³/mol. The van der Waals surface area contributed by atoms with E-state index in [-0.39, 0.29) is 11.9 Å². The summed E-state index contributed by atoms with van der Waals surface area (Å²) < 4.78 is 19.8. The number of anilines is 1. The van der Waals surface area contributed by atoms with E-state index in [0.29, 0.717) is 18.7 Å². The molecule has 19 heavy (non-hydrogen) atoms. The molecule has 1 aromatic carbocycles. The highest BCUT2D eigenvalue weighted by molar-refractivity contribution is 5.54. The molecule has 1 saturated heterocycles. The van der Waals surface area contributed by atoms with Crippen molar-refractivity contribution >= 4 is 5.69 Å². The highest BCUT2D eigenvalue weighted by Crippen LogP contribution is 2.25. The molecule has 1 aliphatic rings. The number of benzene rings is 1. The van der Waals surface area contributed by atoms with Crippen LogP contribution in [0.3, 0.4) is 0 Å². The van der Waals surface area contributed by atoms with Gasteiger partial charge in [0.15, 0.2) is 0 Å². The average Bonchev–Trinajstić information content (AvgIpc) is 2.40. The number of hydrogen-bond acceptors (Lipinski definition) is 3. The first kappa shape index (κ1) is 14.3. The van der Waals surface area contributed by atoms with Gasteiger partial charge in [0.1, 0.15) is 5.82 Å². The summed E-state index contributed by atoms with van der Waals surface area (Å²) in [6.07, 6.45) is 4.31. The van der Waals surface area contributed by atoms with Crippen molar-refractivity contribution in [3.8, 4) is 0 Å². The number of halogens is 1. The number of ether oxygens (including phenoxy) is 1. The van der Waals surface area contributed by atoms with Gasteiger partial charge in [0.25, 0.3) is 0 Å². The Hall–Kier alpha value is -1.13. The van der Waals surface area contributed by atoms with E-state index < -0.39 is 0 Å². The van der Waals surface area contributed by atoms with Gasteiger partial charge >= 0.3 is 0 Å². The zero-order valence-electron chi connectivity index (χ0n) is 11.6. The number of para-hydroxylation sites is 1. The van der Waals surface area contributed by atoms with Gasteiger partial charge in [-0.05, 0) is 43.9 Å². The standard InChI is InChI=1S/C15H23FN2O/c1-18(11-13-6-2-3-10-19-13)15-12(8-9-17)5-4-7-14(15)16/h4-5,7,13H,2-3,6,8-11,17H2,1H3. The monoisotopic (exact) mass is 266 g/mol. The van der Waals surface area contributed by atoms with Crippen LogP contribution in [0.25, 0.3) is 0 Å². The van der Waals surface area contributed by atoms with Crippen LogP contribution in [0.1, 0.15) is 24.8 Å². The van der Waals surface area contributed by atoms with Gasteiger partial charge in [-0.25, -0.2) is 4.39 Å². The number of nitrogens with zero attached hydrogens (tertiary/aromatic N) is 1. The van der Waals surface area contributed by atoms with E-state index in [1.54, 1.807) is 6.07 Å². The van der Waals surface area contributed by atoms with Crippen LogP contribution in [0.4, 0.5) is 10.1 Å². The first-order valence-electron chi connectivity index (χ1n) is 7.02. The molecule has 0 spiro atoms. The lowest BCUT2D eigenvalue weighted by Gasteiger charge is -2.30. The van der Waals surface area contributed by atoms with E-state index in [1.807, 2.05) is 18.0 Å². The summed E-state index contributed by atoms with van der Waals surface area (Å²) in [7, 11) is 1.93. The van der Waals surface area contributed by atoms with Crippen LogP contribution in [0.15, 0.2) is 18.2 Å². The van der Waals surface area contributed by atoms with E-state index in [4.69, 9.17) is 10.5 Å². The Morgan fingerprint density at radius 3 is 2.95 bits per heavy atom.